The monoisotopic (exact) mass is 430 g/mol. The molecule has 0 aliphatic carbocycles. The number of para-hydroxylation sites is 1. The molecule has 3 rings (SSSR count). The zero-order valence-corrected chi connectivity index (χ0v) is 17.3. The molecule has 8 heteroatoms. The van der Waals surface area contributed by atoms with Crippen molar-refractivity contribution in [3.63, 3.8) is 0 Å². The number of hydrogen-bond donors (Lipinski definition) is 1. The van der Waals surface area contributed by atoms with Crippen LogP contribution >= 0.6 is 23.4 Å². The molecule has 1 heterocycles. The molecule has 0 unspecified atom stereocenters. The zero-order chi connectivity index (χ0) is 20.8. The van der Waals surface area contributed by atoms with Gasteiger partial charge in [-0.25, -0.2) is 0 Å². The van der Waals surface area contributed by atoms with Gasteiger partial charge in [0.25, 0.3) is 11.1 Å². The van der Waals surface area contributed by atoms with Gasteiger partial charge in [-0.1, -0.05) is 42.8 Å². The largest absolute Gasteiger partial charge is 0.493 e. The van der Waals surface area contributed by atoms with Crippen LogP contribution in [-0.2, 0) is 9.59 Å². The van der Waals surface area contributed by atoms with Crippen molar-refractivity contribution in [3.05, 3.63) is 64.0 Å². The highest BCUT2D eigenvalue weighted by Gasteiger charge is 2.36. The van der Waals surface area contributed by atoms with Gasteiger partial charge < -0.3 is 10.1 Å². The minimum Gasteiger partial charge on any atom is -0.493 e. The maximum atomic E-state index is 12.7. The number of imide groups is 1. The maximum Gasteiger partial charge on any atom is 0.294 e. The van der Waals surface area contributed by atoms with Crippen molar-refractivity contribution >= 4 is 52.2 Å². The van der Waals surface area contributed by atoms with Gasteiger partial charge in [-0.2, -0.15) is 0 Å². The summed E-state index contributed by atoms with van der Waals surface area (Å²) in [5.74, 6) is -0.353. The molecular weight excluding hydrogens is 412 g/mol. The number of thioether (sulfide) groups is 1. The van der Waals surface area contributed by atoms with Crippen molar-refractivity contribution in [3.8, 4) is 5.75 Å². The lowest BCUT2D eigenvalue weighted by atomic mass is 10.2. The minimum absolute atomic E-state index is 0.248. The van der Waals surface area contributed by atoms with Crippen LogP contribution in [0.25, 0.3) is 6.08 Å². The first-order valence-electron chi connectivity index (χ1n) is 9.00. The van der Waals surface area contributed by atoms with E-state index in [2.05, 4.69) is 5.32 Å². The number of halogens is 1. The molecule has 0 atom stereocenters. The molecule has 1 aliphatic rings. The molecule has 2 aromatic carbocycles. The SMILES string of the molecule is CCCOc1ccccc1/C=C1/SC(=O)N(CC(=O)Nc2cccc(Cl)c2)C1=O. The van der Waals surface area contributed by atoms with E-state index in [4.69, 9.17) is 16.3 Å². The standard InChI is InChI=1S/C21H19ClN2O4S/c1-2-10-28-17-9-4-3-6-14(17)11-18-20(26)24(21(27)29-18)13-19(25)23-16-8-5-7-15(22)12-16/h3-9,11-12H,2,10,13H2,1H3,(H,23,25)/b18-11+. The molecule has 1 aliphatic heterocycles. The van der Waals surface area contributed by atoms with E-state index < -0.39 is 17.1 Å². The smallest absolute Gasteiger partial charge is 0.294 e. The van der Waals surface area contributed by atoms with Crippen LogP contribution in [0, 0.1) is 0 Å². The molecule has 3 amide bonds. The lowest BCUT2D eigenvalue weighted by Crippen LogP contribution is -2.36. The van der Waals surface area contributed by atoms with Gasteiger partial charge in [-0.15, -0.1) is 0 Å². The van der Waals surface area contributed by atoms with Gasteiger partial charge >= 0.3 is 0 Å². The number of hydrogen-bond acceptors (Lipinski definition) is 5. The van der Waals surface area contributed by atoms with Gasteiger partial charge in [-0.05, 0) is 48.5 Å². The van der Waals surface area contributed by atoms with E-state index in [1.54, 1.807) is 30.3 Å². The lowest BCUT2D eigenvalue weighted by Gasteiger charge is -2.12. The summed E-state index contributed by atoms with van der Waals surface area (Å²) in [7, 11) is 0. The third kappa shape index (κ3) is 5.40. The lowest BCUT2D eigenvalue weighted by molar-refractivity contribution is -0.127. The quantitative estimate of drug-likeness (QED) is 0.638. The predicted octanol–water partition coefficient (Wildman–Crippen LogP) is 4.80. The molecule has 2 aromatic rings. The highest BCUT2D eigenvalue weighted by molar-refractivity contribution is 8.18. The Morgan fingerprint density at radius 1 is 1.21 bits per heavy atom. The molecule has 1 saturated heterocycles. The number of nitrogens with one attached hydrogen (secondary N) is 1. The number of rotatable bonds is 7. The van der Waals surface area contributed by atoms with Gasteiger partial charge in [0, 0.05) is 16.3 Å². The van der Waals surface area contributed by atoms with Gasteiger partial charge in [0.2, 0.25) is 5.91 Å². The fourth-order valence-electron chi connectivity index (χ4n) is 2.63. The van der Waals surface area contributed by atoms with Gasteiger partial charge in [0.1, 0.15) is 12.3 Å². The molecule has 150 valence electrons. The summed E-state index contributed by atoms with van der Waals surface area (Å²) in [6.07, 6.45) is 2.47. The van der Waals surface area contributed by atoms with E-state index in [1.165, 1.54) is 0 Å². The fraction of sp³-hybridized carbons (Fsp3) is 0.190. The average molecular weight is 431 g/mol. The molecule has 0 radical (unpaired) electrons. The average Bonchev–Trinajstić information content (AvgIpc) is 2.94. The molecular formula is C21H19ClN2O4S. The second kappa shape index (κ2) is 9.62. The number of amides is 3. The molecule has 0 spiro atoms. The summed E-state index contributed by atoms with van der Waals surface area (Å²) >= 11 is 6.70. The first kappa shape index (κ1) is 21.0. The Balaban J connectivity index is 1.71. The van der Waals surface area contributed by atoms with Crippen LogP contribution in [0.15, 0.2) is 53.4 Å². The number of anilines is 1. The third-order valence-electron chi connectivity index (χ3n) is 3.95. The molecule has 6 nitrogen and oxygen atoms in total. The summed E-state index contributed by atoms with van der Waals surface area (Å²) in [4.78, 5) is 38.4. The van der Waals surface area contributed by atoms with Crippen LogP contribution in [-0.4, -0.2) is 35.1 Å². The normalized spacial score (nSPS) is 15.1. The van der Waals surface area contributed by atoms with Crippen molar-refractivity contribution in [2.45, 2.75) is 13.3 Å². The van der Waals surface area contributed by atoms with Crippen molar-refractivity contribution < 1.29 is 19.1 Å². The van der Waals surface area contributed by atoms with Gasteiger partial charge in [-0.3, -0.25) is 19.3 Å². The van der Waals surface area contributed by atoms with Crippen molar-refractivity contribution in [2.24, 2.45) is 0 Å². The van der Waals surface area contributed by atoms with Crippen molar-refractivity contribution in [1.29, 1.82) is 0 Å². The first-order chi connectivity index (χ1) is 14.0. The van der Waals surface area contributed by atoms with E-state index in [0.29, 0.717) is 28.6 Å². The van der Waals surface area contributed by atoms with Crippen LogP contribution in [0.5, 0.6) is 5.75 Å². The Bertz CT molecular complexity index is 977. The van der Waals surface area contributed by atoms with Crippen LogP contribution < -0.4 is 10.1 Å². The Kier molecular flexibility index (Phi) is 6.95. The van der Waals surface area contributed by atoms with Gasteiger partial charge in [0.15, 0.2) is 0 Å². The second-order valence-electron chi connectivity index (χ2n) is 6.21. The number of carbonyl (C=O) groups excluding carboxylic acids is 3. The molecule has 0 saturated carbocycles. The van der Waals surface area contributed by atoms with Crippen LogP contribution in [0.2, 0.25) is 5.02 Å². The van der Waals surface area contributed by atoms with Gasteiger partial charge in [0.05, 0.1) is 11.5 Å². The minimum atomic E-state index is -0.508. The van der Waals surface area contributed by atoms with E-state index in [0.717, 1.165) is 23.1 Å². The van der Waals surface area contributed by atoms with Crippen LogP contribution in [0.3, 0.4) is 0 Å². The summed E-state index contributed by atoms with van der Waals surface area (Å²) in [5, 5.41) is 2.61. The predicted molar refractivity (Wildman–Crippen MR) is 115 cm³/mol. The number of benzene rings is 2. The summed E-state index contributed by atoms with van der Waals surface area (Å²) in [5.41, 5.74) is 1.20. The van der Waals surface area contributed by atoms with E-state index in [9.17, 15) is 14.4 Å². The van der Waals surface area contributed by atoms with Crippen LogP contribution in [0.4, 0.5) is 10.5 Å². The van der Waals surface area contributed by atoms with E-state index in [-0.39, 0.29) is 11.4 Å². The Morgan fingerprint density at radius 3 is 2.76 bits per heavy atom. The third-order valence-corrected chi connectivity index (χ3v) is 5.09. The highest BCUT2D eigenvalue weighted by atomic mass is 35.5. The zero-order valence-electron chi connectivity index (χ0n) is 15.7. The number of nitrogens with zero attached hydrogens (tertiary/aromatic N) is 1. The molecule has 1 fully saturated rings. The van der Waals surface area contributed by atoms with E-state index >= 15 is 0 Å². The molecule has 0 bridgehead atoms. The second-order valence-corrected chi connectivity index (χ2v) is 7.64. The number of ether oxygens (including phenoxy) is 1. The Hall–Kier alpha value is -2.77. The van der Waals surface area contributed by atoms with Crippen LogP contribution in [0.1, 0.15) is 18.9 Å². The highest BCUT2D eigenvalue weighted by Crippen LogP contribution is 2.34. The van der Waals surface area contributed by atoms with E-state index in [1.807, 2.05) is 31.2 Å². The molecule has 1 N–H and O–H groups in total. The topological polar surface area (TPSA) is 75.7 Å². The summed E-state index contributed by atoms with van der Waals surface area (Å²) in [6.45, 7) is 2.18. The maximum absolute atomic E-state index is 12.7. The Morgan fingerprint density at radius 2 is 2.00 bits per heavy atom. The first-order valence-corrected chi connectivity index (χ1v) is 10.2. The molecule has 0 aromatic heterocycles. The Labute approximate surface area is 177 Å². The van der Waals surface area contributed by atoms with Crippen molar-refractivity contribution in [2.75, 3.05) is 18.5 Å². The summed E-state index contributed by atoms with van der Waals surface area (Å²) < 4.78 is 5.69. The summed E-state index contributed by atoms with van der Waals surface area (Å²) in [6, 6.07) is 13.9. The number of carbonyl (C=O) groups is 3. The molecule has 29 heavy (non-hydrogen) atoms. The van der Waals surface area contributed by atoms with Crippen molar-refractivity contribution in [1.82, 2.24) is 4.90 Å². The fourth-order valence-corrected chi connectivity index (χ4v) is 3.65.